The van der Waals surface area contributed by atoms with Gasteiger partial charge in [0.25, 0.3) is 0 Å². The minimum absolute atomic E-state index is 0.108. The number of hydrogen-bond donors (Lipinski definition) is 1. The summed E-state index contributed by atoms with van der Waals surface area (Å²) in [4.78, 5) is 13.2. The second-order valence-electron chi connectivity index (χ2n) is 9.44. The van der Waals surface area contributed by atoms with Crippen LogP contribution < -0.4 is 0 Å². The lowest BCUT2D eigenvalue weighted by molar-refractivity contribution is -0.304. The molecule has 2 saturated heterocycles. The summed E-state index contributed by atoms with van der Waals surface area (Å²) in [7, 11) is 9.79. The van der Waals surface area contributed by atoms with Crippen LogP contribution in [0.5, 0.6) is 0 Å². The molecule has 0 spiro atoms. The molecule has 15 heteroatoms. The van der Waals surface area contributed by atoms with Crippen LogP contribution in [0.15, 0.2) is 36.9 Å². The van der Waals surface area contributed by atoms with Gasteiger partial charge in [-0.1, -0.05) is 37.4 Å². The number of aryl methyl sites for hydroxylation is 1. The van der Waals surface area contributed by atoms with Crippen molar-refractivity contribution in [1.82, 2.24) is 0 Å². The van der Waals surface area contributed by atoms with Gasteiger partial charge >= 0.3 is 19.2 Å². The van der Waals surface area contributed by atoms with E-state index in [-0.39, 0.29) is 26.5 Å². The highest BCUT2D eigenvalue weighted by molar-refractivity contribution is 7.77. The average Bonchev–Trinajstić information content (AvgIpc) is 2.84. The summed E-state index contributed by atoms with van der Waals surface area (Å²) in [6.07, 6.45) is -5.33. The third kappa shape index (κ3) is 8.82. The molecule has 2 aliphatic heterocycles. The molecule has 2 fully saturated rings. The Balaban J connectivity index is 1.93. The molecule has 0 amide bonds. The van der Waals surface area contributed by atoms with Crippen molar-refractivity contribution < 1.29 is 42.7 Å². The van der Waals surface area contributed by atoms with Gasteiger partial charge < -0.3 is 37.9 Å². The van der Waals surface area contributed by atoms with Gasteiger partial charge in [-0.15, -0.1) is 24.8 Å². The monoisotopic (exact) mass is 582 g/mol. The summed E-state index contributed by atoms with van der Waals surface area (Å²) >= 11 is 0. The van der Waals surface area contributed by atoms with E-state index in [2.05, 4.69) is 24.8 Å². The number of hydrogen-bond acceptors (Lipinski definition) is 9. The van der Waals surface area contributed by atoms with Crippen LogP contribution in [0, 0.1) is 6.92 Å². The quantitative estimate of drug-likeness (QED) is 0.183. The van der Waals surface area contributed by atoms with Gasteiger partial charge in [0.15, 0.2) is 12.4 Å². The number of esters is 1. The number of aliphatic hydroxyl groups is 1. The Labute approximate surface area is 233 Å². The zero-order chi connectivity index (χ0) is 28.0. The maximum Gasteiger partial charge on any atom is 0.338 e. The zero-order valence-corrected chi connectivity index (χ0v) is 25.4. The maximum absolute atomic E-state index is 13.2. The number of carbonyl (C=O) groups is 1. The molecule has 0 aromatic heterocycles. The van der Waals surface area contributed by atoms with E-state index in [1.54, 1.807) is 18.8 Å². The van der Waals surface area contributed by atoms with Crippen molar-refractivity contribution in [3.63, 3.8) is 0 Å². The lowest BCUT2D eigenvalue weighted by atomic mass is 9.95. The van der Waals surface area contributed by atoms with E-state index in [1.807, 2.05) is 32.7 Å². The fraction of sp³-hybridized carbons (Fsp3) is 0.609. The van der Waals surface area contributed by atoms with Crippen molar-refractivity contribution in [3.05, 3.63) is 48.0 Å². The molecule has 0 bridgehead atoms. The van der Waals surface area contributed by atoms with E-state index in [9.17, 15) is 9.90 Å². The molecule has 3 rings (SSSR count). The van der Waals surface area contributed by atoms with Gasteiger partial charge in [-0.25, -0.2) is 4.79 Å². The Morgan fingerprint density at radius 3 is 2.32 bits per heavy atom. The van der Waals surface area contributed by atoms with E-state index in [4.69, 9.17) is 40.3 Å². The van der Waals surface area contributed by atoms with E-state index < -0.39 is 63.0 Å². The SMILES string of the molecule is [B]P(C)OC1COC(C=C)C(O)C1OC1OCC(OB(C)P)C(OB(C)P)C1OC(=O)c1ccc(C)cc1. The largest absolute Gasteiger partial charge is 0.451 e. The molecule has 11 unspecified atom stereocenters. The Morgan fingerprint density at radius 2 is 1.74 bits per heavy atom. The smallest absolute Gasteiger partial charge is 0.338 e. The summed E-state index contributed by atoms with van der Waals surface area (Å²) in [6.45, 7) is 10.9. The van der Waals surface area contributed by atoms with Gasteiger partial charge in [0, 0.05) is 0 Å². The normalized spacial score (nSPS) is 32.3. The van der Waals surface area contributed by atoms with Gasteiger partial charge in [-0.3, -0.25) is 0 Å². The van der Waals surface area contributed by atoms with E-state index in [1.165, 1.54) is 6.08 Å². The molecule has 2 aliphatic rings. The van der Waals surface area contributed by atoms with E-state index in [0.717, 1.165) is 5.56 Å². The van der Waals surface area contributed by atoms with Crippen molar-refractivity contribution in [2.24, 2.45) is 0 Å². The van der Waals surface area contributed by atoms with E-state index in [0.29, 0.717) is 5.56 Å². The lowest BCUT2D eigenvalue weighted by Crippen LogP contribution is -2.62. The predicted molar refractivity (Wildman–Crippen MR) is 157 cm³/mol. The highest BCUT2D eigenvalue weighted by Gasteiger charge is 2.50. The van der Waals surface area contributed by atoms with Crippen LogP contribution in [-0.2, 0) is 32.8 Å². The first kappa shape index (κ1) is 32.2. The topological polar surface area (TPSA) is 102 Å². The summed E-state index contributed by atoms with van der Waals surface area (Å²) in [5.41, 5.74) is 1.38. The highest BCUT2D eigenvalue weighted by atomic mass is 31.1. The number of rotatable bonds is 11. The molecule has 1 N–H and O–H groups in total. The molecule has 1 aromatic rings. The lowest BCUT2D eigenvalue weighted by Gasteiger charge is -2.46. The third-order valence-electron chi connectivity index (χ3n) is 5.99. The Morgan fingerprint density at radius 1 is 1.11 bits per heavy atom. The third-order valence-corrected chi connectivity index (χ3v) is 6.91. The summed E-state index contributed by atoms with van der Waals surface area (Å²) in [5.74, 6) is -0.569. The second kappa shape index (κ2) is 15.0. The Hall–Kier alpha value is -0.365. The molecular weight excluding hydrogens is 546 g/mol. The van der Waals surface area contributed by atoms with Gasteiger partial charge in [-0.2, -0.15) is 0 Å². The van der Waals surface area contributed by atoms with Crippen molar-refractivity contribution in [2.45, 2.75) is 69.6 Å². The molecule has 1 aromatic carbocycles. The fourth-order valence-electron chi connectivity index (χ4n) is 4.31. The van der Waals surface area contributed by atoms with Crippen LogP contribution in [0.3, 0.4) is 0 Å². The summed E-state index contributed by atoms with van der Waals surface area (Å²) in [6, 6.07) is 7.04. The van der Waals surface area contributed by atoms with Crippen LogP contribution in [0.4, 0.5) is 0 Å². The molecule has 11 atom stereocenters. The van der Waals surface area contributed by atoms with Crippen LogP contribution in [0.25, 0.3) is 0 Å². The second-order valence-corrected chi connectivity index (χ2v) is 12.6. The fourth-order valence-corrected chi connectivity index (χ4v) is 5.30. The van der Waals surface area contributed by atoms with Gasteiger partial charge in [0.1, 0.15) is 38.1 Å². The molecule has 38 heavy (non-hydrogen) atoms. The first-order valence-electron chi connectivity index (χ1n) is 12.4. The molecule has 2 heterocycles. The van der Waals surface area contributed by atoms with Crippen LogP contribution in [0.1, 0.15) is 15.9 Å². The summed E-state index contributed by atoms with van der Waals surface area (Å²) < 4.78 is 42.1. The highest BCUT2D eigenvalue weighted by Crippen LogP contribution is 2.35. The zero-order valence-electron chi connectivity index (χ0n) is 22.2. The standard InChI is InChI=1S/C23H36B3O9P3/c1-6-15-18(27)19(17(12-29-15)35-38(5)24)32-23-21(31-22(28)14-9-7-13(2)8-10-14)20(34-26(4)37)16(11-30-23)33-25(3)36/h6-10,15-21,23,27H,1,11-12,36-37H2,2-5H3. The van der Waals surface area contributed by atoms with Crippen molar-refractivity contribution in [3.8, 4) is 0 Å². The van der Waals surface area contributed by atoms with Gasteiger partial charge in [-0.05, 0) is 33.7 Å². The van der Waals surface area contributed by atoms with Crippen LogP contribution in [0.2, 0.25) is 13.6 Å². The molecular formula is C23H36B3O9P3. The number of benzene rings is 1. The average molecular weight is 582 g/mol. The van der Waals surface area contributed by atoms with Crippen molar-refractivity contribution in [1.29, 1.82) is 0 Å². The van der Waals surface area contributed by atoms with Crippen molar-refractivity contribution >= 4 is 53.1 Å². The van der Waals surface area contributed by atoms with Gasteiger partial charge in [0.2, 0.25) is 0 Å². The maximum atomic E-state index is 13.2. The van der Waals surface area contributed by atoms with Gasteiger partial charge in [0.05, 0.1) is 24.9 Å². The van der Waals surface area contributed by atoms with Crippen LogP contribution >= 0.6 is 26.3 Å². The predicted octanol–water partition coefficient (Wildman–Crippen LogP) is 2.46. The molecule has 0 aliphatic carbocycles. The molecule has 9 nitrogen and oxygen atoms in total. The number of carbonyl (C=O) groups excluding carboxylic acids is 1. The minimum Gasteiger partial charge on any atom is -0.451 e. The van der Waals surface area contributed by atoms with Crippen molar-refractivity contribution in [2.75, 3.05) is 19.9 Å². The molecule has 2 radical (unpaired) electrons. The Kier molecular flexibility index (Phi) is 12.7. The van der Waals surface area contributed by atoms with Crippen LogP contribution in [-0.4, -0.2) is 101 Å². The Bertz CT molecular complexity index is 912. The molecule has 0 saturated carbocycles. The first-order valence-corrected chi connectivity index (χ1v) is 15.5. The number of ether oxygens (including phenoxy) is 4. The summed E-state index contributed by atoms with van der Waals surface area (Å²) in [5, 5.41) is 11.0. The minimum atomic E-state index is -1.28. The number of aliphatic hydroxyl groups excluding tert-OH is 1. The first-order chi connectivity index (χ1) is 18.0. The van der Waals surface area contributed by atoms with E-state index >= 15 is 0 Å². The molecule has 206 valence electrons.